The third-order valence-corrected chi connectivity index (χ3v) is 4.34. The number of para-hydroxylation sites is 1. The van der Waals surface area contributed by atoms with Crippen molar-refractivity contribution in [1.82, 2.24) is 5.32 Å². The van der Waals surface area contributed by atoms with Crippen molar-refractivity contribution >= 4 is 29.7 Å². The first-order chi connectivity index (χ1) is 12.2. The van der Waals surface area contributed by atoms with Crippen molar-refractivity contribution in [2.75, 3.05) is 11.4 Å². The molecule has 0 unspecified atom stereocenters. The van der Waals surface area contributed by atoms with Crippen molar-refractivity contribution < 1.29 is 9.59 Å². The summed E-state index contributed by atoms with van der Waals surface area (Å²) in [6.45, 7) is 2.69. The predicted octanol–water partition coefficient (Wildman–Crippen LogP) is 3.62. The van der Waals surface area contributed by atoms with E-state index in [2.05, 4.69) is 17.5 Å². The van der Waals surface area contributed by atoms with Crippen LogP contribution in [0.15, 0.2) is 48.5 Å². The maximum Gasteiger partial charge on any atom is 0.229 e. The van der Waals surface area contributed by atoms with Gasteiger partial charge in [0.15, 0.2) is 0 Å². The molecule has 1 N–H and O–H groups in total. The molecule has 1 aliphatic rings. The lowest BCUT2D eigenvalue weighted by Gasteiger charge is -2.27. The van der Waals surface area contributed by atoms with E-state index in [4.69, 9.17) is 0 Å². The van der Waals surface area contributed by atoms with Gasteiger partial charge in [-0.25, -0.2) is 0 Å². The van der Waals surface area contributed by atoms with Gasteiger partial charge in [-0.2, -0.15) is 0 Å². The summed E-state index contributed by atoms with van der Waals surface area (Å²) in [4.78, 5) is 26.1. The highest BCUT2D eigenvalue weighted by Crippen LogP contribution is 2.29. The number of nitrogens with zero attached hydrogens (tertiary/aromatic N) is 1. The zero-order chi connectivity index (χ0) is 17.6. The van der Waals surface area contributed by atoms with E-state index in [1.54, 1.807) is 6.92 Å². The lowest BCUT2D eigenvalue weighted by Crippen LogP contribution is -2.35. The van der Waals surface area contributed by atoms with E-state index >= 15 is 0 Å². The van der Waals surface area contributed by atoms with Gasteiger partial charge in [0.25, 0.3) is 0 Å². The van der Waals surface area contributed by atoms with Crippen molar-refractivity contribution in [3.63, 3.8) is 0 Å². The Morgan fingerprint density at radius 2 is 1.68 bits per heavy atom. The van der Waals surface area contributed by atoms with Gasteiger partial charge in [0.05, 0.1) is 12.2 Å². The number of rotatable bonds is 4. The van der Waals surface area contributed by atoms with Crippen molar-refractivity contribution in [2.45, 2.75) is 26.3 Å². The maximum atomic E-state index is 12.9. The molecule has 3 rings (SSSR count). The Morgan fingerprint density at radius 3 is 2.48 bits per heavy atom. The van der Waals surface area contributed by atoms with Crippen molar-refractivity contribution in [3.05, 3.63) is 65.2 Å². The minimum Gasteiger partial charge on any atom is -0.356 e. The summed E-state index contributed by atoms with van der Waals surface area (Å²) in [5.74, 6) is -0.0249. The highest BCUT2D eigenvalue weighted by Gasteiger charge is 2.20. The molecule has 0 radical (unpaired) electrons. The van der Waals surface area contributed by atoms with Gasteiger partial charge >= 0.3 is 0 Å². The standard InChI is InChI=1S/C21H22N2O2/c1-2-20(24)22-14-13-21(25)23-15-18-9-4-3-7-16(18)11-12-17-8-5-6-10-19(17)23/h3-12H,2,13-15H2,1H3,(H,22,24)/b12-11-. The fourth-order valence-corrected chi connectivity index (χ4v) is 2.94. The largest absolute Gasteiger partial charge is 0.356 e. The molecule has 25 heavy (non-hydrogen) atoms. The van der Waals surface area contributed by atoms with E-state index < -0.39 is 0 Å². The van der Waals surface area contributed by atoms with Gasteiger partial charge in [-0.15, -0.1) is 0 Å². The number of hydrogen-bond acceptors (Lipinski definition) is 2. The first-order valence-corrected chi connectivity index (χ1v) is 8.61. The Hall–Kier alpha value is -2.88. The minimum absolute atomic E-state index is 0.00829. The molecule has 4 heteroatoms. The van der Waals surface area contributed by atoms with Gasteiger partial charge in [-0.3, -0.25) is 9.59 Å². The summed E-state index contributed by atoms with van der Waals surface area (Å²) < 4.78 is 0. The summed E-state index contributed by atoms with van der Waals surface area (Å²) in [7, 11) is 0. The number of hydrogen-bond donors (Lipinski definition) is 1. The third kappa shape index (κ3) is 3.97. The number of fused-ring (bicyclic) bond motifs is 2. The molecule has 2 aromatic carbocycles. The van der Waals surface area contributed by atoms with E-state index in [9.17, 15) is 9.59 Å². The van der Waals surface area contributed by atoms with Gasteiger partial charge in [0.2, 0.25) is 11.8 Å². The Balaban J connectivity index is 1.88. The van der Waals surface area contributed by atoms with Gasteiger partial charge in [0.1, 0.15) is 0 Å². The number of carbonyl (C=O) groups excluding carboxylic acids is 2. The smallest absolute Gasteiger partial charge is 0.229 e. The fraction of sp³-hybridized carbons (Fsp3) is 0.238. The number of anilines is 1. The van der Waals surface area contributed by atoms with E-state index in [1.165, 1.54) is 0 Å². The second-order valence-electron chi connectivity index (χ2n) is 6.02. The van der Waals surface area contributed by atoms with E-state index in [1.807, 2.05) is 53.4 Å². The molecule has 2 aromatic rings. The van der Waals surface area contributed by atoms with Crippen LogP contribution in [-0.2, 0) is 16.1 Å². The Bertz CT molecular complexity index is 811. The molecule has 0 aliphatic carbocycles. The monoisotopic (exact) mass is 334 g/mol. The first kappa shape index (κ1) is 17.0. The number of nitrogens with one attached hydrogen (secondary N) is 1. The highest BCUT2D eigenvalue weighted by molar-refractivity contribution is 5.97. The van der Waals surface area contributed by atoms with Crippen LogP contribution in [0.5, 0.6) is 0 Å². The topological polar surface area (TPSA) is 49.4 Å². The van der Waals surface area contributed by atoms with Crippen LogP contribution < -0.4 is 10.2 Å². The molecule has 1 heterocycles. The quantitative estimate of drug-likeness (QED) is 0.928. The van der Waals surface area contributed by atoms with Crippen LogP contribution >= 0.6 is 0 Å². The normalized spacial score (nSPS) is 13.9. The van der Waals surface area contributed by atoms with Crippen molar-refractivity contribution in [2.24, 2.45) is 0 Å². The summed E-state index contributed by atoms with van der Waals surface area (Å²) in [6.07, 6.45) is 4.86. The maximum absolute atomic E-state index is 12.9. The number of benzene rings is 2. The number of carbonyl (C=O) groups is 2. The van der Waals surface area contributed by atoms with Gasteiger partial charge in [-0.1, -0.05) is 61.5 Å². The predicted molar refractivity (Wildman–Crippen MR) is 101 cm³/mol. The fourth-order valence-electron chi connectivity index (χ4n) is 2.94. The summed E-state index contributed by atoms with van der Waals surface area (Å²) in [6, 6.07) is 16.0. The molecule has 0 fully saturated rings. The molecule has 1 aliphatic heterocycles. The van der Waals surface area contributed by atoms with Crippen LogP contribution in [0.1, 0.15) is 36.5 Å². The van der Waals surface area contributed by atoms with Crippen molar-refractivity contribution in [3.8, 4) is 0 Å². The molecule has 128 valence electrons. The van der Waals surface area contributed by atoms with Crippen LogP contribution in [0.3, 0.4) is 0 Å². The van der Waals surface area contributed by atoms with Crippen LogP contribution in [-0.4, -0.2) is 18.4 Å². The van der Waals surface area contributed by atoms with Gasteiger partial charge in [-0.05, 0) is 22.8 Å². The van der Waals surface area contributed by atoms with Gasteiger partial charge in [0, 0.05) is 19.4 Å². The molecule has 2 amide bonds. The lowest BCUT2D eigenvalue weighted by atomic mass is 10.0. The van der Waals surface area contributed by atoms with Crippen LogP contribution in [0.25, 0.3) is 12.2 Å². The molecular weight excluding hydrogens is 312 g/mol. The first-order valence-electron chi connectivity index (χ1n) is 8.61. The zero-order valence-electron chi connectivity index (χ0n) is 14.4. The molecule has 4 nitrogen and oxygen atoms in total. The number of amides is 2. The Morgan fingerprint density at radius 1 is 1.00 bits per heavy atom. The average Bonchev–Trinajstić information content (AvgIpc) is 2.63. The molecular formula is C21H22N2O2. The zero-order valence-corrected chi connectivity index (χ0v) is 14.4. The summed E-state index contributed by atoms with van der Waals surface area (Å²) in [5, 5.41) is 2.77. The SMILES string of the molecule is CCC(=O)NCCC(=O)N1Cc2ccccc2/C=C\c2ccccc21. The van der Waals surface area contributed by atoms with Crippen LogP contribution in [0.4, 0.5) is 5.69 Å². The molecule has 0 saturated carbocycles. The second kappa shape index (κ2) is 7.79. The Labute approximate surface area is 148 Å². The van der Waals surface area contributed by atoms with E-state index in [0.717, 1.165) is 22.4 Å². The third-order valence-electron chi connectivity index (χ3n) is 4.34. The second-order valence-corrected chi connectivity index (χ2v) is 6.02. The molecule has 0 bridgehead atoms. The average molecular weight is 334 g/mol. The summed E-state index contributed by atoms with van der Waals surface area (Å²) in [5.41, 5.74) is 4.15. The highest BCUT2D eigenvalue weighted by atomic mass is 16.2. The molecule has 0 spiro atoms. The summed E-state index contributed by atoms with van der Waals surface area (Å²) >= 11 is 0. The molecule has 0 aromatic heterocycles. The Kier molecular flexibility index (Phi) is 5.29. The lowest BCUT2D eigenvalue weighted by molar-refractivity contribution is -0.121. The van der Waals surface area contributed by atoms with E-state index in [-0.39, 0.29) is 18.2 Å². The van der Waals surface area contributed by atoms with Crippen LogP contribution in [0, 0.1) is 0 Å². The molecule has 0 saturated heterocycles. The van der Waals surface area contributed by atoms with Crippen molar-refractivity contribution in [1.29, 1.82) is 0 Å². The van der Waals surface area contributed by atoms with E-state index in [0.29, 0.717) is 19.5 Å². The van der Waals surface area contributed by atoms with Gasteiger partial charge < -0.3 is 10.2 Å². The minimum atomic E-state index is -0.0332. The molecule has 0 atom stereocenters. The van der Waals surface area contributed by atoms with Crippen LogP contribution in [0.2, 0.25) is 0 Å².